The van der Waals surface area contributed by atoms with Crippen LogP contribution in [0.15, 0.2) is 39.3 Å². The second-order valence-electron chi connectivity index (χ2n) is 6.80. The van der Waals surface area contributed by atoms with Crippen LogP contribution in [0.3, 0.4) is 0 Å². The van der Waals surface area contributed by atoms with Crippen molar-refractivity contribution in [3.8, 4) is 0 Å². The Hall–Kier alpha value is -2.29. The summed E-state index contributed by atoms with van der Waals surface area (Å²) in [4.78, 5) is 24.2. The van der Waals surface area contributed by atoms with E-state index in [4.69, 9.17) is 33.9 Å². The van der Waals surface area contributed by atoms with Gasteiger partial charge in [0.05, 0.1) is 34.7 Å². The van der Waals surface area contributed by atoms with E-state index in [0.29, 0.717) is 52.4 Å². The Balaban J connectivity index is 1.90. The maximum atomic E-state index is 13.5. The van der Waals surface area contributed by atoms with Crippen molar-refractivity contribution in [1.82, 2.24) is 19.9 Å². The first-order chi connectivity index (χ1) is 13.5. The molecule has 0 radical (unpaired) electrons. The molecule has 28 heavy (non-hydrogen) atoms. The van der Waals surface area contributed by atoms with Crippen LogP contribution >= 0.6 is 23.2 Å². The number of nitrogens with one attached hydrogen (secondary N) is 1. The van der Waals surface area contributed by atoms with Crippen molar-refractivity contribution in [2.45, 2.75) is 13.0 Å². The second-order valence-corrected chi connectivity index (χ2v) is 7.60. The predicted octanol–water partition coefficient (Wildman–Crippen LogP) is 1.36. The Morgan fingerprint density at radius 2 is 2.00 bits per heavy atom. The van der Waals surface area contributed by atoms with E-state index < -0.39 is 0 Å². The Morgan fingerprint density at radius 1 is 1.25 bits per heavy atom. The maximum absolute atomic E-state index is 13.5. The number of piperazine rings is 1. The Labute approximate surface area is 172 Å². The molecule has 0 spiro atoms. The van der Waals surface area contributed by atoms with Crippen LogP contribution in [0.4, 0.5) is 0 Å². The van der Waals surface area contributed by atoms with E-state index in [1.54, 1.807) is 22.9 Å². The molecular weight excluding hydrogens is 401 g/mol. The Kier molecular flexibility index (Phi) is 5.18. The van der Waals surface area contributed by atoms with Gasteiger partial charge in [-0.15, -0.1) is 0 Å². The molecule has 0 aliphatic carbocycles. The van der Waals surface area contributed by atoms with Gasteiger partial charge in [-0.1, -0.05) is 29.3 Å². The normalized spacial score (nSPS) is 18.8. The summed E-state index contributed by atoms with van der Waals surface area (Å²) in [5, 5.41) is 6.56. The largest absolute Gasteiger partial charge is 0.386 e. The quantitative estimate of drug-likeness (QED) is 0.726. The van der Waals surface area contributed by atoms with Crippen molar-refractivity contribution in [1.29, 1.82) is 0 Å². The average Bonchev–Trinajstić information content (AvgIpc) is 2.69. The molecule has 0 unspecified atom stereocenters. The third-order valence-corrected chi connectivity index (χ3v) is 5.64. The van der Waals surface area contributed by atoms with Gasteiger partial charge in [-0.05, 0) is 19.1 Å². The van der Waals surface area contributed by atoms with Crippen LogP contribution in [0.1, 0.15) is 18.8 Å². The van der Waals surface area contributed by atoms with Gasteiger partial charge < -0.3 is 21.0 Å². The number of nitrogens with zero attached hydrogens (tertiary/aromatic N) is 5. The summed E-state index contributed by atoms with van der Waals surface area (Å²) >= 11 is 12.7. The summed E-state index contributed by atoms with van der Waals surface area (Å²) in [5.41, 5.74) is 6.28. The lowest BCUT2D eigenvalue weighted by Gasteiger charge is -2.37. The van der Waals surface area contributed by atoms with E-state index in [9.17, 15) is 4.79 Å². The van der Waals surface area contributed by atoms with Gasteiger partial charge in [0, 0.05) is 26.2 Å². The minimum atomic E-state index is -0.302. The fourth-order valence-electron chi connectivity index (χ4n) is 3.56. The van der Waals surface area contributed by atoms with Crippen molar-refractivity contribution < 1.29 is 0 Å². The second kappa shape index (κ2) is 7.62. The van der Waals surface area contributed by atoms with Crippen molar-refractivity contribution in [2.75, 3.05) is 37.7 Å². The van der Waals surface area contributed by atoms with Crippen LogP contribution in [-0.2, 0) is 0 Å². The van der Waals surface area contributed by atoms with Gasteiger partial charge >= 0.3 is 0 Å². The highest BCUT2D eigenvalue weighted by molar-refractivity contribution is 6.35. The fraction of sp³-hybridized carbons (Fsp3) is 0.389. The van der Waals surface area contributed by atoms with Crippen LogP contribution < -0.4 is 21.6 Å². The van der Waals surface area contributed by atoms with Crippen LogP contribution in [0.2, 0.25) is 5.02 Å². The van der Waals surface area contributed by atoms with E-state index in [0.717, 1.165) is 13.1 Å². The van der Waals surface area contributed by atoms with Gasteiger partial charge in [-0.3, -0.25) is 4.79 Å². The minimum absolute atomic E-state index is 0.182. The monoisotopic (exact) mass is 421 g/mol. The molecule has 2 aliphatic rings. The molecule has 1 aromatic heterocycles. The maximum Gasteiger partial charge on any atom is 0.281 e. The first kappa shape index (κ1) is 19.0. The Bertz CT molecular complexity index is 1030. The van der Waals surface area contributed by atoms with Crippen molar-refractivity contribution in [3.05, 3.63) is 50.8 Å². The molecular formula is C18H21Cl2N7O. The van der Waals surface area contributed by atoms with Gasteiger partial charge in [0.2, 0.25) is 0 Å². The molecule has 10 heteroatoms. The minimum Gasteiger partial charge on any atom is -0.386 e. The van der Waals surface area contributed by atoms with Crippen LogP contribution in [0.5, 0.6) is 0 Å². The highest BCUT2D eigenvalue weighted by atomic mass is 35.5. The number of halogens is 2. The molecule has 8 nitrogen and oxygen atoms in total. The van der Waals surface area contributed by atoms with Crippen molar-refractivity contribution in [2.24, 2.45) is 10.7 Å². The number of aliphatic imine (C=N–C) groups is 1. The zero-order valence-corrected chi connectivity index (χ0v) is 16.9. The smallest absolute Gasteiger partial charge is 0.281 e. The average molecular weight is 422 g/mol. The van der Waals surface area contributed by atoms with E-state index in [1.807, 2.05) is 16.8 Å². The number of amidine groups is 1. The van der Waals surface area contributed by atoms with Crippen LogP contribution in [0.25, 0.3) is 10.9 Å². The molecule has 1 atom stereocenters. The highest BCUT2D eigenvalue weighted by Crippen LogP contribution is 2.28. The summed E-state index contributed by atoms with van der Waals surface area (Å²) in [7, 11) is 0. The third-order valence-electron chi connectivity index (χ3n) is 5.01. The zero-order chi connectivity index (χ0) is 19.8. The number of aromatic nitrogens is 2. The standard InChI is InChI=1S/C18H21Cl2N7O/c1-11(26-10-15(21)23-9-14(26)20)17-24-13-4-2-3-12(19)16(13)18(28)27(17)25-7-5-22-6-8-25/h2-4,9,11,22H,5-8,10H2,1H3,(H2,21,23)/t11-/m0/s1. The lowest BCUT2D eigenvalue weighted by molar-refractivity contribution is 0.294. The van der Waals surface area contributed by atoms with Gasteiger partial charge in [0.1, 0.15) is 11.0 Å². The zero-order valence-electron chi connectivity index (χ0n) is 15.4. The molecule has 1 saturated heterocycles. The number of hydrogen-bond acceptors (Lipinski definition) is 7. The SMILES string of the molecule is C[C@@H](c1nc2cccc(Cl)c2c(=O)n1N1CCNCC1)N1CC(N)=NC=C1Cl. The molecule has 0 amide bonds. The van der Waals surface area contributed by atoms with Gasteiger partial charge in [-0.25, -0.2) is 14.7 Å². The molecule has 1 aromatic carbocycles. The molecule has 1 fully saturated rings. The highest BCUT2D eigenvalue weighted by Gasteiger charge is 2.28. The first-order valence-electron chi connectivity index (χ1n) is 9.09. The molecule has 4 rings (SSSR count). The number of fused-ring (bicyclic) bond motifs is 1. The summed E-state index contributed by atoms with van der Waals surface area (Å²) in [6, 6.07) is 4.99. The van der Waals surface area contributed by atoms with Gasteiger partial charge in [-0.2, -0.15) is 0 Å². The number of hydrogen-bond donors (Lipinski definition) is 2. The summed E-state index contributed by atoms with van der Waals surface area (Å²) in [6.07, 6.45) is 1.52. The molecule has 2 aromatic rings. The summed E-state index contributed by atoms with van der Waals surface area (Å²) in [5.74, 6) is 1.04. The van der Waals surface area contributed by atoms with E-state index in [-0.39, 0.29) is 11.6 Å². The summed E-state index contributed by atoms with van der Waals surface area (Å²) in [6.45, 7) is 5.25. The van der Waals surface area contributed by atoms with E-state index in [2.05, 4.69) is 10.3 Å². The molecule has 0 saturated carbocycles. The van der Waals surface area contributed by atoms with Gasteiger partial charge in [0.15, 0.2) is 5.82 Å². The molecule has 148 valence electrons. The predicted molar refractivity (Wildman–Crippen MR) is 113 cm³/mol. The lowest BCUT2D eigenvalue weighted by Crippen LogP contribution is -2.54. The lowest BCUT2D eigenvalue weighted by atomic mass is 10.2. The third kappa shape index (κ3) is 3.32. The Morgan fingerprint density at radius 3 is 2.75 bits per heavy atom. The first-order valence-corrected chi connectivity index (χ1v) is 9.84. The topological polar surface area (TPSA) is 91.8 Å². The number of rotatable bonds is 3. The van der Waals surface area contributed by atoms with E-state index >= 15 is 0 Å². The number of benzene rings is 1. The summed E-state index contributed by atoms with van der Waals surface area (Å²) < 4.78 is 1.64. The molecule has 3 heterocycles. The molecule has 3 N–H and O–H groups in total. The van der Waals surface area contributed by atoms with E-state index in [1.165, 1.54) is 6.20 Å². The number of nitrogens with two attached hydrogens (primary N) is 1. The van der Waals surface area contributed by atoms with Crippen molar-refractivity contribution in [3.63, 3.8) is 0 Å². The molecule has 0 bridgehead atoms. The van der Waals surface area contributed by atoms with Crippen molar-refractivity contribution >= 4 is 39.9 Å². The van der Waals surface area contributed by atoms with Crippen LogP contribution in [0, 0.1) is 0 Å². The van der Waals surface area contributed by atoms with Crippen LogP contribution in [-0.4, -0.2) is 53.1 Å². The fourth-order valence-corrected chi connectivity index (χ4v) is 4.06. The van der Waals surface area contributed by atoms with Gasteiger partial charge in [0.25, 0.3) is 5.56 Å². The molecule has 2 aliphatic heterocycles.